The number of fused-ring (bicyclic) bond motifs is 1. The molecule has 0 unspecified atom stereocenters. The smallest absolute Gasteiger partial charge is 0.303 e. The summed E-state index contributed by atoms with van der Waals surface area (Å²) in [5.74, 6) is -0.157. The number of hydrogen-bond donors (Lipinski definition) is 3. The van der Waals surface area contributed by atoms with E-state index in [1.165, 1.54) is 30.5 Å². The molecule has 55 heavy (non-hydrogen) atoms. The number of hydrazone groups is 1. The van der Waals surface area contributed by atoms with Crippen molar-refractivity contribution in [2.24, 2.45) is 16.9 Å². The lowest BCUT2D eigenvalue weighted by Crippen LogP contribution is -2.38. The Kier molecular flexibility index (Phi) is 11.4. The van der Waals surface area contributed by atoms with Gasteiger partial charge in [-0.1, -0.05) is 24.3 Å². The minimum Gasteiger partial charge on any atom is -0.481 e. The van der Waals surface area contributed by atoms with Gasteiger partial charge >= 0.3 is 5.97 Å². The van der Waals surface area contributed by atoms with E-state index in [9.17, 15) is 23.2 Å². The number of carboxylic acids is 1. The van der Waals surface area contributed by atoms with Crippen LogP contribution in [0.15, 0.2) is 90.3 Å². The van der Waals surface area contributed by atoms with Gasteiger partial charge in [0.2, 0.25) is 12.1 Å². The molecule has 2 aliphatic heterocycles. The first kappa shape index (κ1) is 37.6. The number of carbonyl (C=O) groups is 3. The molecule has 4 aliphatic rings. The molecule has 1 saturated heterocycles. The predicted molar refractivity (Wildman–Crippen MR) is 202 cm³/mol. The molecular weight excluding hydrogens is 706 g/mol. The molecule has 286 valence electrons. The van der Waals surface area contributed by atoms with Crippen LogP contribution in [0.1, 0.15) is 85.4 Å². The van der Waals surface area contributed by atoms with Gasteiger partial charge in [0.05, 0.1) is 22.5 Å². The van der Waals surface area contributed by atoms with Crippen molar-refractivity contribution in [3.63, 3.8) is 0 Å². The standard InChI is InChI=1S/C22H23FN4O2.C20H21FN2O3/c1-13-26-27-20(22(27)29-13)14-5-8-18(9-6-14)25-21(28)16-7-10-19(24-12-16)15-3-2-4-17(23)11-15;21-16-3-1-2-14(11-16)18-9-6-15(12-22-18)20(26)23-17-7-4-13(5-8-17)10-19(24)25/h2-4,7,10-12,14,18,20,22H,5-6,8-9H2,1H3,(H,25,28);1-3,6,9,11-13,17H,4-5,7-8,10H2,(H,23,26)(H,24,25)/t14?,18?,20-,22-,27?;/m0./s1. The van der Waals surface area contributed by atoms with Gasteiger partial charge in [-0.3, -0.25) is 24.4 Å². The number of nitrogens with zero attached hydrogens (tertiary/aromatic N) is 4. The average molecular weight is 751 g/mol. The van der Waals surface area contributed by atoms with Crippen LogP contribution in [0.25, 0.3) is 22.5 Å². The summed E-state index contributed by atoms with van der Waals surface area (Å²) in [5.41, 5.74) is 3.58. The van der Waals surface area contributed by atoms with E-state index in [0.29, 0.717) is 45.6 Å². The highest BCUT2D eigenvalue weighted by Gasteiger charge is 2.57. The molecule has 13 heteroatoms. The lowest BCUT2D eigenvalue weighted by atomic mass is 9.83. The first-order valence-corrected chi connectivity index (χ1v) is 18.9. The number of benzene rings is 2. The summed E-state index contributed by atoms with van der Waals surface area (Å²) < 4.78 is 32.3. The van der Waals surface area contributed by atoms with Crippen LogP contribution in [0.5, 0.6) is 0 Å². The Balaban J connectivity index is 0.000000170. The number of aliphatic carboxylic acids is 1. The molecule has 3 fully saturated rings. The van der Waals surface area contributed by atoms with Crippen molar-refractivity contribution in [3.8, 4) is 22.5 Å². The molecule has 2 amide bonds. The monoisotopic (exact) mass is 750 g/mol. The summed E-state index contributed by atoms with van der Waals surface area (Å²) in [6, 6.07) is 20.0. The Morgan fingerprint density at radius 2 is 1.25 bits per heavy atom. The van der Waals surface area contributed by atoms with Gasteiger partial charge in [-0.25, -0.2) is 13.8 Å². The zero-order chi connectivity index (χ0) is 38.5. The van der Waals surface area contributed by atoms with E-state index in [1.54, 1.807) is 54.7 Å². The topological polar surface area (TPSA) is 146 Å². The van der Waals surface area contributed by atoms with E-state index in [1.807, 2.05) is 6.92 Å². The highest BCUT2D eigenvalue weighted by atomic mass is 19.1. The molecule has 4 heterocycles. The number of halogens is 2. The number of pyridine rings is 2. The maximum Gasteiger partial charge on any atom is 0.303 e. The number of nitrogens with one attached hydrogen (secondary N) is 2. The van der Waals surface area contributed by atoms with Crippen molar-refractivity contribution < 1.29 is 33.0 Å². The number of rotatable bonds is 9. The third-order valence-corrected chi connectivity index (χ3v) is 10.8. The highest BCUT2D eigenvalue weighted by Crippen LogP contribution is 2.45. The third-order valence-electron chi connectivity index (χ3n) is 10.8. The predicted octanol–water partition coefficient (Wildman–Crippen LogP) is 7.20. The fourth-order valence-electron chi connectivity index (χ4n) is 7.87. The molecule has 11 nitrogen and oxygen atoms in total. The number of hydrogen-bond acceptors (Lipinski definition) is 8. The molecule has 2 aliphatic carbocycles. The molecule has 2 aromatic heterocycles. The molecule has 2 atom stereocenters. The molecule has 8 rings (SSSR count). The van der Waals surface area contributed by atoms with Crippen LogP contribution in [0.4, 0.5) is 8.78 Å². The maximum absolute atomic E-state index is 13.4. The molecular formula is C42H44F2N6O5. The number of amides is 2. The van der Waals surface area contributed by atoms with Gasteiger partial charge in [-0.05, 0) is 112 Å². The Bertz CT molecular complexity index is 2030. The first-order valence-electron chi connectivity index (χ1n) is 18.9. The van der Waals surface area contributed by atoms with Crippen LogP contribution in [0.2, 0.25) is 0 Å². The van der Waals surface area contributed by atoms with Crippen molar-refractivity contribution in [2.45, 2.75) is 89.1 Å². The van der Waals surface area contributed by atoms with Crippen molar-refractivity contribution in [1.29, 1.82) is 0 Å². The van der Waals surface area contributed by atoms with Gasteiger partial charge in [0, 0.05) is 48.9 Å². The van der Waals surface area contributed by atoms with Crippen molar-refractivity contribution >= 4 is 23.7 Å². The van der Waals surface area contributed by atoms with E-state index < -0.39 is 5.97 Å². The minimum atomic E-state index is -0.762. The number of carboxylic acid groups (broad SMARTS) is 1. The van der Waals surface area contributed by atoms with Crippen molar-refractivity contribution in [2.75, 3.05) is 0 Å². The van der Waals surface area contributed by atoms with Crippen molar-refractivity contribution in [1.82, 2.24) is 25.6 Å². The summed E-state index contributed by atoms with van der Waals surface area (Å²) in [7, 11) is 0. The zero-order valence-corrected chi connectivity index (χ0v) is 30.5. The summed E-state index contributed by atoms with van der Waals surface area (Å²) in [6.07, 6.45) is 10.7. The Morgan fingerprint density at radius 1 is 0.745 bits per heavy atom. The van der Waals surface area contributed by atoms with E-state index in [2.05, 4.69) is 30.7 Å². The van der Waals surface area contributed by atoms with Crippen LogP contribution in [-0.2, 0) is 9.53 Å². The van der Waals surface area contributed by atoms with Crippen LogP contribution in [0.3, 0.4) is 0 Å². The maximum atomic E-state index is 13.4. The molecule has 2 aromatic carbocycles. The lowest BCUT2D eigenvalue weighted by Gasteiger charge is -2.29. The van der Waals surface area contributed by atoms with Gasteiger partial charge in [-0.15, -0.1) is 5.10 Å². The Hall–Kier alpha value is -5.72. The second kappa shape index (κ2) is 16.7. The molecule has 0 bridgehead atoms. The molecule has 0 spiro atoms. The number of ether oxygens (including phenoxy) is 1. The van der Waals surface area contributed by atoms with Crippen molar-refractivity contribution in [3.05, 3.63) is 108 Å². The molecule has 4 aromatic rings. The molecule has 2 saturated carbocycles. The summed E-state index contributed by atoms with van der Waals surface area (Å²) in [6.45, 7) is 1.88. The number of aromatic nitrogens is 2. The van der Waals surface area contributed by atoms with E-state index in [0.717, 1.165) is 57.3 Å². The van der Waals surface area contributed by atoms with E-state index in [4.69, 9.17) is 9.84 Å². The SMILES string of the molecule is CC1=NN2[C@@H](O1)[C@@H]2C1CCC(NC(=O)c2ccc(-c3cccc(F)c3)nc2)CC1.O=C(O)CC1CCC(NC(=O)c2ccc(-c3cccc(F)c3)nc2)CC1. The summed E-state index contributed by atoms with van der Waals surface area (Å²) in [5, 5.41) is 21.4. The Labute approximate surface area is 318 Å². The number of carbonyl (C=O) groups excluding carboxylic acids is 2. The van der Waals surface area contributed by atoms with Crippen LogP contribution < -0.4 is 10.6 Å². The molecule has 0 radical (unpaired) electrons. The van der Waals surface area contributed by atoms with E-state index in [-0.39, 0.29) is 54.1 Å². The fourth-order valence-corrected chi connectivity index (χ4v) is 7.87. The first-order chi connectivity index (χ1) is 26.6. The van der Waals surface area contributed by atoms with E-state index >= 15 is 0 Å². The quantitative estimate of drug-likeness (QED) is 0.152. The lowest BCUT2D eigenvalue weighted by molar-refractivity contribution is -0.138. The largest absolute Gasteiger partial charge is 0.481 e. The normalized spacial score (nSPS) is 23.9. The van der Waals surface area contributed by atoms with Gasteiger partial charge in [0.25, 0.3) is 11.8 Å². The Morgan fingerprint density at radius 3 is 1.67 bits per heavy atom. The van der Waals surface area contributed by atoms with Gasteiger partial charge < -0.3 is 20.5 Å². The highest BCUT2D eigenvalue weighted by molar-refractivity contribution is 5.95. The third kappa shape index (κ3) is 9.51. The zero-order valence-electron chi connectivity index (χ0n) is 30.5. The van der Waals surface area contributed by atoms with Gasteiger partial charge in [0.15, 0.2) is 0 Å². The minimum absolute atomic E-state index is 0.0652. The summed E-state index contributed by atoms with van der Waals surface area (Å²) >= 11 is 0. The second-order valence-corrected chi connectivity index (χ2v) is 14.8. The van der Waals surface area contributed by atoms with Crippen LogP contribution in [0, 0.1) is 23.5 Å². The van der Waals surface area contributed by atoms with Crippen LogP contribution in [-0.4, -0.2) is 68.1 Å². The van der Waals surface area contributed by atoms with Gasteiger partial charge in [0.1, 0.15) is 17.7 Å². The average Bonchev–Trinajstić information content (AvgIpc) is 3.70. The van der Waals surface area contributed by atoms with Gasteiger partial charge in [-0.2, -0.15) is 0 Å². The second-order valence-electron chi connectivity index (χ2n) is 14.8. The summed E-state index contributed by atoms with van der Waals surface area (Å²) in [4.78, 5) is 44.3. The fraction of sp³-hybridized carbons (Fsp3) is 0.381. The van der Waals surface area contributed by atoms with Crippen LogP contribution >= 0.6 is 0 Å². The molecule has 3 N–H and O–H groups in total.